The van der Waals surface area contributed by atoms with Gasteiger partial charge in [-0.3, -0.25) is 9.05 Å². The van der Waals surface area contributed by atoms with E-state index in [1.165, 1.54) is 13.3 Å². The third-order valence-corrected chi connectivity index (χ3v) is 5.99. The van der Waals surface area contributed by atoms with Crippen LogP contribution >= 0.6 is 7.82 Å². The number of hydrogen-bond acceptors (Lipinski definition) is 8. The van der Waals surface area contributed by atoms with Crippen molar-refractivity contribution in [3.63, 3.8) is 0 Å². The molecule has 1 aromatic heterocycles. The fourth-order valence-electron chi connectivity index (χ4n) is 3.14. The van der Waals surface area contributed by atoms with Gasteiger partial charge in [0.05, 0.1) is 30.1 Å². The molecule has 2 heterocycles. The highest BCUT2D eigenvalue weighted by Crippen LogP contribution is 2.50. The van der Waals surface area contributed by atoms with E-state index < -0.39 is 45.1 Å². The highest BCUT2D eigenvalue weighted by Gasteiger charge is 2.49. The van der Waals surface area contributed by atoms with E-state index in [1.807, 2.05) is 26.0 Å². The number of aliphatic hydroxyl groups excluding tert-OH is 2. The average molecular weight is 415 g/mol. The van der Waals surface area contributed by atoms with Crippen molar-refractivity contribution >= 4 is 18.9 Å². The van der Waals surface area contributed by atoms with Gasteiger partial charge in [-0.2, -0.15) is 0 Å². The Kier molecular flexibility index (Phi) is 6.23. The summed E-state index contributed by atoms with van der Waals surface area (Å²) < 4.78 is 29.9. The summed E-state index contributed by atoms with van der Waals surface area (Å²) >= 11 is 0. The monoisotopic (exact) mass is 415 g/mol. The van der Waals surface area contributed by atoms with Crippen LogP contribution in [0.2, 0.25) is 0 Å². The zero-order chi connectivity index (χ0) is 20.6. The average Bonchev–Trinajstić information content (AvgIpc) is 3.16. The Balaban J connectivity index is 1.96. The number of aromatic nitrogens is 2. The maximum atomic E-state index is 12.4. The number of rotatable bonds is 7. The molecule has 1 fully saturated rings. The van der Waals surface area contributed by atoms with E-state index in [0.717, 1.165) is 11.1 Å². The SMILES string of the molecule is Cc1cc2ncn([C@H]3O[C@H](CO)[C@@H](O)[C@H]3OP(=O)(O)OC(C)CN)c2cc1C. The first-order valence-electron chi connectivity index (χ1n) is 8.94. The molecule has 0 spiro atoms. The van der Waals surface area contributed by atoms with Crippen LogP contribution in [-0.4, -0.2) is 62.2 Å². The number of nitrogens with zero attached hydrogens (tertiary/aromatic N) is 2. The van der Waals surface area contributed by atoms with Crippen LogP contribution in [0.4, 0.5) is 0 Å². The van der Waals surface area contributed by atoms with Gasteiger partial charge in [0, 0.05) is 6.54 Å². The molecule has 11 heteroatoms. The predicted octanol–water partition coefficient (Wildman–Crippen LogP) is 0.753. The molecular formula is C17H26N3O7P. The van der Waals surface area contributed by atoms with Gasteiger partial charge in [0.15, 0.2) is 6.23 Å². The number of ether oxygens (including phenoxy) is 1. The fraction of sp³-hybridized carbons (Fsp3) is 0.588. The van der Waals surface area contributed by atoms with Crippen molar-refractivity contribution in [3.05, 3.63) is 29.6 Å². The molecule has 0 radical (unpaired) electrons. The van der Waals surface area contributed by atoms with Crippen molar-refractivity contribution in [2.24, 2.45) is 5.73 Å². The summed E-state index contributed by atoms with van der Waals surface area (Å²) in [5.41, 5.74) is 8.92. The maximum absolute atomic E-state index is 12.4. The van der Waals surface area contributed by atoms with Crippen LogP contribution in [0.15, 0.2) is 18.5 Å². The van der Waals surface area contributed by atoms with Gasteiger partial charge in [0.25, 0.3) is 0 Å². The zero-order valence-electron chi connectivity index (χ0n) is 15.9. The molecular weight excluding hydrogens is 389 g/mol. The van der Waals surface area contributed by atoms with Crippen LogP contribution in [0.1, 0.15) is 24.3 Å². The first kappa shape index (κ1) is 21.4. The van der Waals surface area contributed by atoms with Crippen LogP contribution < -0.4 is 5.73 Å². The number of imidazole rings is 1. The maximum Gasteiger partial charge on any atom is 0.473 e. The van der Waals surface area contributed by atoms with Crippen molar-refractivity contribution in [2.75, 3.05) is 13.2 Å². The Morgan fingerprint density at radius 1 is 1.39 bits per heavy atom. The third-order valence-electron chi connectivity index (χ3n) is 4.86. The van der Waals surface area contributed by atoms with Crippen LogP contribution in [-0.2, 0) is 18.3 Å². The Bertz CT molecular complexity index is 889. The molecule has 3 rings (SSSR count). The number of fused-ring (bicyclic) bond motifs is 1. The highest BCUT2D eigenvalue weighted by atomic mass is 31.2. The summed E-state index contributed by atoms with van der Waals surface area (Å²) in [6.45, 7) is 4.97. The van der Waals surface area contributed by atoms with Gasteiger partial charge in [-0.05, 0) is 44.0 Å². The Morgan fingerprint density at radius 3 is 2.71 bits per heavy atom. The van der Waals surface area contributed by atoms with E-state index >= 15 is 0 Å². The van der Waals surface area contributed by atoms with Crippen molar-refractivity contribution < 1.29 is 33.5 Å². The lowest BCUT2D eigenvalue weighted by molar-refractivity contribution is -0.0517. The Labute approximate surface area is 162 Å². The van der Waals surface area contributed by atoms with Gasteiger partial charge in [-0.25, -0.2) is 9.55 Å². The Hall–Kier alpha value is -1.36. The number of benzene rings is 1. The summed E-state index contributed by atoms with van der Waals surface area (Å²) in [4.78, 5) is 14.4. The van der Waals surface area contributed by atoms with Gasteiger partial charge >= 0.3 is 7.82 Å². The lowest BCUT2D eigenvalue weighted by atomic mass is 10.1. The van der Waals surface area contributed by atoms with Crippen LogP contribution in [0, 0.1) is 13.8 Å². The normalized spacial score (nSPS) is 28.5. The molecule has 1 aliphatic rings. The van der Waals surface area contributed by atoms with Gasteiger partial charge < -0.3 is 30.1 Å². The largest absolute Gasteiger partial charge is 0.473 e. The van der Waals surface area contributed by atoms with E-state index in [1.54, 1.807) is 4.57 Å². The summed E-state index contributed by atoms with van der Waals surface area (Å²) in [5, 5.41) is 20.0. The molecule has 1 saturated heterocycles. The third kappa shape index (κ3) is 4.14. The molecule has 0 bridgehead atoms. The molecule has 0 amide bonds. The molecule has 156 valence electrons. The number of aliphatic hydroxyl groups is 2. The van der Waals surface area contributed by atoms with Gasteiger partial charge in [0.1, 0.15) is 18.3 Å². The van der Waals surface area contributed by atoms with Crippen molar-refractivity contribution in [2.45, 2.75) is 51.4 Å². The first-order chi connectivity index (χ1) is 13.2. The molecule has 5 N–H and O–H groups in total. The molecule has 6 atom stereocenters. The standard InChI is InChI=1S/C17H26N3O7P/c1-9-4-12-13(5-10(9)2)20(8-19-12)17-16(15(22)14(7-21)25-17)27-28(23,24)26-11(3)6-18/h4-5,8,11,14-17,21-22H,6-7,18H2,1-3H3,(H,23,24)/t11?,14-,15-,16-,17+/m1/s1. The van der Waals surface area contributed by atoms with Crippen molar-refractivity contribution in [1.82, 2.24) is 9.55 Å². The second kappa shape index (κ2) is 8.17. The molecule has 2 unspecified atom stereocenters. The van der Waals surface area contributed by atoms with Crippen LogP contribution in [0.5, 0.6) is 0 Å². The van der Waals surface area contributed by atoms with E-state index in [4.69, 9.17) is 19.5 Å². The fourth-order valence-corrected chi connectivity index (χ4v) is 4.27. The predicted molar refractivity (Wildman–Crippen MR) is 101 cm³/mol. The van der Waals surface area contributed by atoms with E-state index in [9.17, 15) is 19.7 Å². The quantitative estimate of drug-likeness (QED) is 0.481. The van der Waals surface area contributed by atoms with Gasteiger partial charge in [0.2, 0.25) is 0 Å². The van der Waals surface area contributed by atoms with Gasteiger partial charge in [-0.1, -0.05) is 0 Å². The lowest BCUT2D eigenvalue weighted by Gasteiger charge is -2.25. The minimum absolute atomic E-state index is 0.0190. The number of aryl methyl sites for hydroxylation is 2. The first-order valence-corrected chi connectivity index (χ1v) is 10.4. The van der Waals surface area contributed by atoms with Crippen molar-refractivity contribution in [1.29, 1.82) is 0 Å². The smallest absolute Gasteiger partial charge is 0.394 e. The van der Waals surface area contributed by atoms with E-state index in [-0.39, 0.29) is 6.54 Å². The highest BCUT2D eigenvalue weighted by molar-refractivity contribution is 7.47. The Morgan fingerprint density at radius 2 is 2.07 bits per heavy atom. The number of nitrogens with two attached hydrogens (primary N) is 1. The lowest BCUT2D eigenvalue weighted by Crippen LogP contribution is -2.35. The molecule has 1 aliphatic heterocycles. The van der Waals surface area contributed by atoms with Gasteiger partial charge in [-0.15, -0.1) is 0 Å². The molecule has 0 saturated carbocycles. The number of phosphoric acid groups is 1. The second-order valence-corrected chi connectivity index (χ2v) is 8.36. The topological polar surface area (TPSA) is 149 Å². The van der Waals surface area contributed by atoms with Crippen molar-refractivity contribution in [3.8, 4) is 0 Å². The minimum Gasteiger partial charge on any atom is -0.394 e. The van der Waals surface area contributed by atoms with E-state index in [2.05, 4.69) is 4.98 Å². The summed E-state index contributed by atoms with van der Waals surface area (Å²) in [6.07, 6.45) is -3.82. The molecule has 0 aliphatic carbocycles. The van der Waals surface area contributed by atoms with Crippen LogP contribution in [0.3, 0.4) is 0 Å². The summed E-state index contributed by atoms with van der Waals surface area (Å²) in [6, 6.07) is 3.82. The second-order valence-electron chi connectivity index (χ2n) is 7.01. The number of phosphoric ester groups is 1. The molecule has 10 nitrogen and oxygen atoms in total. The zero-order valence-corrected chi connectivity index (χ0v) is 16.8. The van der Waals surface area contributed by atoms with Crippen LogP contribution in [0.25, 0.3) is 11.0 Å². The molecule has 2 aromatic rings. The molecule has 1 aromatic carbocycles. The van der Waals surface area contributed by atoms with E-state index in [0.29, 0.717) is 11.0 Å². The number of hydrogen-bond donors (Lipinski definition) is 4. The minimum atomic E-state index is -4.54. The summed E-state index contributed by atoms with van der Waals surface area (Å²) in [7, 11) is -4.54. The summed E-state index contributed by atoms with van der Waals surface area (Å²) in [5.74, 6) is 0. The molecule has 28 heavy (non-hydrogen) atoms.